The number of carbonyl (C=O) groups is 2. The highest BCUT2D eigenvalue weighted by molar-refractivity contribution is 5.83. The molecule has 5 heteroatoms. The van der Waals surface area contributed by atoms with Gasteiger partial charge >= 0.3 is 5.97 Å². The molecule has 1 fully saturated rings. The van der Waals surface area contributed by atoms with Crippen molar-refractivity contribution >= 4 is 11.9 Å². The van der Waals surface area contributed by atoms with Crippen LogP contribution in [0.2, 0.25) is 0 Å². The normalized spacial score (nSPS) is 18.4. The molecule has 2 N–H and O–H groups in total. The molecule has 1 saturated heterocycles. The molecule has 2 atom stereocenters. The van der Waals surface area contributed by atoms with Gasteiger partial charge in [-0.15, -0.1) is 0 Å². The number of carboxylic acid groups (broad SMARTS) is 1. The second kappa shape index (κ2) is 8.63. The molecule has 0 bridgehead atoms. The van der Waals surface area contributed by atoms with Crippen molar-refractivity contribution in [3.05, 3.63) is 71.8 Å². The van der Waals surface area contributed by atoms with Crippen LogP contribution in [0.15, 0.2) is 60.7 Å². The Morgan fingerprint density at radius 1 is 1.08 bits per heavy atom. The third kappa shape index (κ3) is 4.49. The molecule has 0 aliphatic carbocycles. The average Bonchev–Trinajstić information content (AvgIpc) is 3.11. The Bertz CT molecular complexity index is 733. The predicted octanol–water partition coefficient (Wildman–Crippen LogP) is 2.64. The van der Waals surface area contributed by atoms with Crippen molar-refractivity contribution in [2.45, 2.75) is 31.3 Å². The first-order valence-electron chi connectivity index (χ1n) is 8.98. The summed E-state index contributed by atoms with van der Waals surface area (Å²) in [4.78, 5) is 26.4. The fourth-order valence-electron chi connectivity index (χ4n) is 3.48. The monoisotopic (exact) mass is 352 g/mol. The van der Waals surface area contributed by atoms with E-state index in [1.54, 1.807) is 12.1 Å². The van der Waals surface area contributed by atoms with Gasteiger partial charge in [0.25, 0.3) is 0 Å². The third-order valence-corrected chi connectivity index (χ3v) is 4.88. The zero-order valence-corrected chi connectivity index (χ0v) is 14.7. The summed E-state index contributed by atoms with van der Waals surface area (Å²) < 4.78 is 0. The first-order chi connectivity index (χ1) is 12.6. The lowest BCUT2D eigenvalue weighted by molar-refractivity contribution is -0.138. The molecule has 5 nitrogen and oxygen atoms in total. The molecule has 0 saturated carbocycles. The van der Waals surface area contributed by atoms with E-state index < -0.39 is 11.9 Å². The van der Waals surface area contributed by atoms with Crippen molar-refractivity contribution in [1.29, 1.82) is 0 Å². The molecule has 1 aliphatic rings. The maximum absolute atomic E-state index is 12.7. The van der Waals surface area contributed by atoms with Gasteiger partial charge in [0.15, 0.2) is 0 Å². The van der Waals surface area contributed by atoms with Gasteiger partial charge in [0, 0.05) is 13.1 Å². The maximum Gasteiger partial charge on any atom is 0.312 e. The summed E-state index contributed by atoms with van der Waals surface area (Å²) in [5.41, 5.74) is 1.88. The molecule has 0 aromatic heterocycles. The molecule has 26 heavy (non-hydrogen) atoms. The minimum Gasteiger partial charge on any atom is -0.481 e. The fraction of sp³-hybridized carbons (Fsp3) is 0.333. The maximum atomic E-state index is 12.7. The number of amides is 1. The van der Waals surface area contributed by atoms with E-state index in [0.717, 1.165) is 25.9 Å². The van der Waals surface area contributed by atoms with Crippen LogP contribution in [0.1, 0.15) is 29.9 Å². The Labute approximate surface area is 153 Å². The van der Waals surface area contributed by atoms with Gasteiger partial charge in [-0.25, -0.2) is 0 Å². The van der Waals surface area contributed by atoms with Crippen LogP contribution >= 0.6 is 0 Å². The van der Waals surface area contributed by atoms with E-state index in [0.29, 0.717) is 5.56 Å². The zero-order chi connectivity index (χ0) is 18.4. The minimum absolute atomic E-state index is 0.0828. The highest BCUT2D eigenvalue weighted by atomic mass is 16.4. The summed E-state index contributed by atoms with van der Waals surface area (Å²) in [6.07, 6.45) is 1.79. The Morgan fingerprint density at radius 2 is 1.73 bits per heavy atom. The molecule has 1 aliphatic heterocycles. The topological polar surface area (TPSA) is 69.6 Å². The summed E-state index contributed by atoms with van der Waals surface area (Å²) >= 11 is 0. The number of benzene rings is 2. The van der Waals surface area contributed by atoms with Crippen molar-refractivity contribution in [1.82, 2.24) is 10.2 Å². The van der Waals surface area contributed by atoms with Crippen LogP contribution in [0.3, 0.4) is 0 Å². The first kappa shape index (κ1) is 18.1. The summed E-state index contributed by atoms with van der Waals surface area (Å²) in [6.45, 7) is 1.72. The second-order valence-corrected chi connectivity index (χ2v) is 6.66. The van der Waals surface area contributed by atoms with Crippen molar-refractivity contribution in [3.63, 3.8) is 0 Å². The Hall–Kier alpha value is -2.66. The molecule has 0 spiro atoms. The molecule has 2 aromatic rings. The van der Waals surface area contributed by atoms with Gasteiger partial charge in [-0.2, -0.15) is 0 Å². The number of nitrogens with one attached hydrogen (secondary N) is 1. The van der Waals surface area contributed by atoms with Crippen LogP contribution < -0.4 is 5.32 Å². The number of nitrogens with zero attached hydrogens (tertiary/aromatic N) is 1. The van der Waals surface area contributed by atoms with E-state index in [4.69, 9.17) is 0 Å². The fourth-order valence-corrected chi connectivity index (χ4v) is 3.48. The number of aliphatic carboxylic acids is 1. The van der Waals surface area contributed by atoms with E-state index in [2.05, 4.69) is 22.3 Å². The summed E-state index contributed by atoms with van der Waals surface area (Å²) in [6, 6.07) is 18.9. The van der Waals surface area contributed by atoms with Crippen LogP contribution in [0, 0.1) is 0 Å². The van der Waals surface area contributed by atoms with Crippen molar-refractivity contribution in [2.24, 2.45) is 0 Å². The summed E-state index contributed by atoms with van der Waals surface area (Å²) in [5, 5.41) is 12.3. The van der Waals surface area contributed by atoms with Crippen LogP contribution in [-0.4, -0.2) is 41.0 Å². The Kier molecular flexibility index (Phi) is 6.02. The van der Waals surface area contributed by atoms with Crippen LogP contribution in [0.5, 0.6) is 0 Å². The van der Waals surface area contributed by atoms with Crippen LogP contribution in [0.4, 0.5) is 0 Å². The number of carbonyl (C=O) groups excluding carboxylic acids is 1. The highest BCUT2D eigenvalue weighted by Crippen LogP contribution is 2.21. The minimum atomic E-state index is -0.927. The molecular weight excluding hydrogens is 328 g/mol. The van der Waals surface area contributed by atoms with E-state index in [-0.39, 0.29) is 18.5 Å². The first-order valence-corrected chi connectivity index (χ1v) is 8.98. The third-order valence-electron chi connectivity index (χ3n) is 4.88. The quantitative estimate of drug-likeness (QED) is 0.804. The molecule has 1 heterocycles. The largest absolute Gasteiger partial charge is 0.481 e. The van der Waals surface area contributed by atoms with Gasteiger partial charge in [0.2, 0.25) is 5.91 Å². The Morgan fingerprint density at radius 3 is 2.38 bits per heavy atom. The molecule has 0 radical (unpaired) electrons. The smallest absolute Gasteiger partial charge is 0.312 e. The van der Waals surface area contributed by atoms with Crippen LogP contribution in [-0.2, 0) is 16.1 Å². The average molecular weight is 352 g/mol. The number of rotatable bonds is 7. The van der Waals surface area contributed by atoms with Gasteiger partial charge in [-0.3, -0.25) is 14.5 Å². The van der Waals surface area contributed by atoms with Gasteiger partial charge in [-0.05, 0) is 30.5 Å². The lowest BCUT2D eigenvalue weighted by atomic mass is 9.99. The van der Waals surface area contributed by atoms with E-state index >= 15 is 0 Å². The van der Waals surface area contributed by atoms with Crippen molar-refractivity contribution < 1.29 is 14.7 Å². The molecular formula is C21H24N2O3. The number of hydrogen-bond acceptors (Lipinski definition) is 3. The lowest BCUT2D eigenvalue weighted by Gasteiger charge is -2.24. The highest BCUT2D eigenvalue weighted by Gasteiger charge is 2.31. The molecule has 2 unspecified atom stereocenters. The molecule has 136 valence electrons. The lowest BCUT2D eigenvalue weighted by Crippen LogP contribution is -2.44. The summed E-state index contributed by atoms with van der Waals surface area (Å²) in [7, 11) is 0. The molecule has 3 rings (SSSR count). The van der Waals surface area contributed by atoms with E-state index in [1.165, 1.54) is 5.56 Å². The van der Waals surface area contributed by atoms with Gasteiger partial charge in [0.05, 0.1) is 12.0 Å². The predicted molar refractivity (Wildman–Crippen MR) is 99.7 cm³/mol. The standard InChI is InChI=1S/C21H24N2O3/c24-20(22-14-18(21(25)26)17-10-5-2-6-11-17)19-12-7-13-23(19)15-16-8-3-1-4-9-16/h1-6,8-11,18-19H,7,12-15H2,(H,22,24)(H,25,26). The van der Waals surface area contributed by atoms with E-state index in [1.807, 2.05) is 36.4 Å². The van der Waals surface area contributed by atoms with E-state index in [9.17, 15) is 14.7 Å². The molecule has 1 amide bonds. The van der Waals surface area contributed by atoms with Crippen LogP contribution in [0.25, 0.3) is 0 Å². The summed E-state index contributed by atoms with van der Waals surface area (Å²) in [5.74, 6) is -1.74. The van der Waals surface area contributed by atoms with Gasteiger partial charge < -0.3 is 10.4 Å². The SMILES string of the molecule is O=C(O)C(CNC(=O)C1CCCN1Cc1ccccc1)c1ccccc1. The second-order valence-electron chi connectivity index (χ2n) is 6.66. The van der Waals surface area contributed by atoms with Gasteiger partial charge in [-0.1, -0.05) is 60.7 Å². The number of likely N-dealkylation sites (tertiary alicyclic amines) is 1. The number of hydrogen-bond donors (Lipinski definition) is 2. The Balaban J connectivity index is 1.60. The van der Waals surface area contributed by atoms with Crippen molar-refractivity contribution in [2.75, 3.05) is 13.1 Å². The van der Waals surface area contributed by atoms with Gasteiger partial charge in [0.1, 0.15) is 0 Å². The van der Waals surface area contributed by atoms with Crippen molar-refractivity contribution in [3.8, 4) is 0 Å². The zero-order valence-electron chi connectivity index (χ0n) is 14.7. The molecule has 2 aromatic carbocycles. The number of carboxylic acids is 1.